The Morgan fingerprint density at radius 1 is 1.14 bits per heavy atom. The second-order valence-corrected chi connectivity index (χ2v) is 5.75. The molecule has 0 nitrogen and oxygen atoms in total. The average molecular weight is 196 g/mol. The fourth-order valence-corrected chi connectivity index (χ4v) is 3.37. The van der Waals surface area contributed by atoms with E-state index in [1.165, 1.54) is 25.7 Å². The Hall–Kier alpha value is 0. The lowest BCUT2D eigenvalue weighted by atomic mass is 9.72. The molecule has 0 radical (unpaired) electrons. The fraction of sp³-hybridized carbons (Fsp3) is 1.00. The second kappa shape index (κ2) is 5.19. The van der Waals surface area contributed by atoms with Gasteiger partial charge in [0.2, 0.25) is 0 Å². The van der Waals surface area contributed by atoms with Gasteiger partial charge in [0, 0.05) is 0 Å². The standard InChI is InChI=1S/C14H28/c1-6-13(12(5)10(2)3)14-9-7-8-11(14)4/h10-14H,6-9H2,1-5H3. The highest BCUT2D eigenvalue weighted by atomic mass is 14.4. The van der Waals surface area contributed by atoms with E-state index in [0.717, 1.165) is 29.6 Å². The maximum absolute atomic E-state index is 2.47. The molecule has 1 fully saturated rings. The van der Waals surface area contributed by atoms with Crippen molar-refractivity contribution in [3.63, 3.8) is 0 Å². The zero-order chi connectivity index (χ0) is 10.7. The highest BCUT2D eigenvalue weighted by molar-refractivity contribution is 4.83. The predicted octanol–water partition coefficient (Wildman–Crippen LogP) is 4.74. The molecule has 0 saturated heterocycles. The quantitative estimate of drug-likeness (QED) is 0.609. The van der Waals surface area contributed by atoms with Gasteiger partial charge in [-0.25, -0.2) is 0 Å². The van der Waals surface area contributed by atoms with Crippen LogP contribution in [0.25, 0.3) is 0 Å². The SMILES string of the molecule is CCC(C(C)C(C)C)C1CCCC1C. The van der Waals surface area contributed by atoms with E-state index >= 15 is 0 Å². The molecule has 84 valence electrons. The normalized spacial score (nSPS) is 32.1. The van der Waals surface area contributed by atoms with Crippen molar-refractivity contribution in [2.24, 2.45) is 29.6 Å². The van der Waals surface area contributed by atoms with Crippen molar-refractivity contribution in [1.29, 1.82) is 0 Å². The Morgan fingerprint density at radius 2 is 1.79 bits per heavy atom. The maximum Gasteiger partial charge on any atom is -0.0358 e. The lowest BCUT2D eigenvalue weighted by molar-refractivity contribution is 0.159. The summed E-state index contributed by atoms with van der Waals surface area (Å²) in [6, 6.07) is 0. The first kappa shape index (κ1) is 12.1. The van der Waals surface area contributed by atoms with Gasteiger partial charge < -0.3 is 0 Å². The van der Waals surface area contributed by atoms with Crippen LogP contribution in [0.3, 0.4) is 0 Å². The van der Waals surface area contributed by atoms with Gasteiger partial charge in [-0.3, -0.25) is 0 Å². The van der Waals surface area contributed by atoms with Crippen molar-refractivity contribution in [2.45, 2.75) is 60.3 Å². The number of hydrogen-bond acceptors (Lipinski definition) is 0. The van der Waals surface area contributed by atoms with Gasteiger partial charge in [-0.2, -0.15) is 0 Å². The average Bonchev–Trinajstić information content (AvgIpc) is 2.53. The zero-order valence-electron chi connectivity index (χ0n) is 10.7. The summed E-state index contributed by atoms with van der Waals surface area (Å²) >= 11 is 0. The molecule has 0 amide bonds. The van der Waals surface area contributed by atoms with E-state index in [4.69, 9.17) is 0 Å². The molecular formula is C14H28. The molecular weight excluding hydrogens is 168 g/mol. The summed E-state index contributed by atoms with van der Waals surface area (Å²) in [6.07, 6.45) is 5.84. The molecule has 1 aliphatic rings. The molecule has 1 rings (SSSR count). The van der Waals surface area contributed by atoms with E-state index in [0.29, 0.717) is 0 Å². The fourth-order valence-electron chi connectivity index (χ4n) is 3.37. The van der Waals surface area contributed by atoms with Crippen LogP contribution in [0.1, 0.15) is 60.3 Å². The summed E-state index contributed by atoms with van der Waals surface area (Å²) in [5.41, 5.74) is 0. The summed E-state index contributed by atoms with van der Waals surface area (Å²) < 4.78 is 0. The van der Waals surface area contributed by atoms with Crippen LogP contribution in [0, 0.1) is 29.6 Å². The molecule has 0 aromatic rings. The molecule has 4 unspecified atom stereocenters. The van der Waals surface area contributed by atoms with Crippen LogP contribution in [0.4, 0.5) is 0 Å². The Balaban J connectivity index is 2.60. The largest absolute Gasteiger partial charge is 0.0651 e. The van der Waals surface area contributed by atoms with Gasteiger partial charge >= 0.3 is 0 Å². The molecule has 4 atom stereocenters. The Bertz CT molecular complexity index is 159. The van der Waals surface area contributed by atoms with Crippen molar-refractivity contribution in [1.82, 2.24) is 0 Å². The van der Waals surface area contributed by atoms with Crippen molar-refractivity contribution >= 4 is 0 Å². The monoisotopic (exact) mass is 196 g/mol. The van der Waals surface area contributed by atoms with Gasteiger partial charge in [-0.1, -0.05) is 53.9 Å². The van der Waals surface area contributed by atoms with Crippen LogP contribution >= 0.6 is 0 Å². The summed E-state index contributed by atoms with van der Waals surface area (Å²) in [5.74, 6) is 4.75. The molecule has 0 heteroatoms. The number of rotatable bonds is 4. The Kier molecular flexibility index (Phi) is 4.47. The highest BCUT2D eigenvalue weighted by Gasteiger charge is 2.33. The molecule has 0 aromatic carbocycles. The van der Waals surface area contributed by atoms with Gasteiger partial charge in [-0.15, -0.1) is 0 Å². The van der Waals surface area contributed by atoms with Gasteiger partial charge in [0.1, 0.15) is 0 Å². The smallest absolute Gasteiger partial charge is 0.0358 e. The summed E-state index contributed by atoms with van der Waals surface area (Å²) in [7, 11) is 0. The van der Waals surface area contributed by atoms with E-state index in [1.807, 2.05) is 0 Å². The molecule has 1 saturated carbocycles. The third-order valence-corrected chi connectivity index (χ3v) is 4.68. The predicted molar refractivity (Wildman–Crippen MR) is 64.3 cm³/mol. The highest BCUT2D eigenvalue weighted by Crippen LogP contribution is 2.42. The van der Waals surface area contributed by atoms with Gasteiger partial charge in [0.15, 0.2) is 0 Å². The topological polar surface area (TPSA) is 0 Å². The van der Waals surface area contributed by atoms with Crippen molar-refractivity contribution in [3.8, 4) is 0 Å². The van der Waals surface area contributed by atoms with Crippen molar-refractivity contribution in [3.05, 3.63) is 0 Å². The molecule has 1 aliphatic carbocycles. The van der Waals surface area contributed by atoms with Crippen LogP contribution in [0.2, 0.25) is 0 Å². The first-order valence-corrected chi connectivity index (χ1v) is 6.57. The summed E-state index contributed by atoms with van der Waals surface area (Å²) in [4.78, 5) is 0. The van der Waals surface area contributed by atoms with Gasteiger partial charge in [-0.05, 0) is 36.0 Å². The first-order chi connectivity index (χ1) is 6.57. The van der Waals surface area contributed by atoms with Crippen LogP contribution in [0.15, 0.2) is 0 Å². The lowest BCUT2D eigenvalue weighted by Crippen LogP contribution is -2.26. The van der Waals surface area contributed by atoms with E-state index < -0.39 is 0 Å². The Labute approximate surface area is 90.5 Å². The van der Waals surface area contributed by atoms with E-state index in [-0.39, 0.29) is 0 Å². The third kappa shape index (κ3) is 2.52. The molecule has 0 aliphatic heterocycles. The van der Waals surface area contributed by atoms with Crippen LogP contribution in [0.5, 0.6) is 0 Å². The first-order valence-electron chi connectivity index (χ1n) is 6.57. The van der Waals surface area contributed by atoms with Crippen molar-refractivity contribution < 1.29 is 0 Å². The van der Waals surface area contributed by atoms with Gasteiger partial charge in [0.05, 0.1) is 0 Å². The summed E-state index contributed by atoms with van der Waals surface area (Å²) in [5, 5.41) is 0. The third-order valence-electron chi connectivity index (χ3n) is 4.68. The van der Waals surface area contributed by atoms with Crippen LogP contribution in [-0.2, 0) is 0 Å². The maximum atomic E-state index is 2.47. The Morgan fingerprint density at radius 3 is 2.14 bits per heavy atom. The molecule has 0 bridgehead atoms. The molecule has 14 heavy (non-hydrogen) atoms. The lowest BCUT2D eigenvalue weighted by Gasteiger charge is -2.33. The van der Waals surface area contributed by atoms with Crippen LogP contribution < -0.4 is 0 Å². The molecule has 0 spiro atoms. The van der Waals surface area contributed by atoms with Gasteiger partial charge in [0.25, 0.3) is 0 Å². The zero-order valence-corrected chi connectivity index (χ0v) is 10.7. The van der Waals surface area contributed by atoms with E-state index in [2.05, 4.69) is 34.6 Å². The second-order valence-electron chi connectivity index (χ2n) is 5.75. The minimum atomic E-state index is 0.854. The number of hydrogen-bond donors (Lipinski definition) is 0. The van der Waals surface area contributed by atoms with Crippen molar-refractivity contribution in [2.75, 3.05) is 0 Å². The van der Waals surface area contributed by atoms with Crippen LogP contribution in [-0.4, -0.2) is 0 Å². The molecule has 0 heterocycles. The summed E-state index contributed by atoms with van der Waals surface area (Å²) in [6.45, 7) is 12.1. The molecule has 0 N–H and O–H groups in total. The minimum absolute atomic E-state index is 0.854. The molecule has 0 aromatic heterocycles. The van der Waals surface area contributed by atoms with E-state index in [9.17, 15) is 0 Å². The van der Waals surface area contributed by atoms with E-state index in [1.54, 1.807) is 0 Å². The minimum Gasteiger partial charge on any atom is -0.0651 e.